The number of hydrogen-bond donors (Lipinski definition) is 1. The van der Waals surface area contributed by atoms with Gasteiger partial charge in [0.25, 0.3) is 0 Å². The number of rotatable bonds is 2. The molecule has 2 unspecified atom stereocenters. The lowest BCUT2D eigenvalue weighted by Crippen LogP contribution is -2.38. The Hall–Kier alpha value is -1.55. The first-order chi connectivity index (χ1) is 9.58. The van der Waals surface area contributed by atoms with Gasteiger partial charge >= 0.3 is 0 Å². The van der Waals surface area contributed by atoms with Crippen molar-refractivity contribution in [2.75, 3.05) is 6.54 Å². The van der Waals surface area contributed by atoms with E-state index in [0.717, 1.165) is 41.8 Å². The van der Waals surface area contributed by atoms with Gasteiger partial charge in [0.05, 0.1) is 16.4 Å². The summed E-state index contributed by atoms with van der Waals surface area (Å²) in [5, 5.41) is 2.71. The zero-order chi connectivity index (χ0) is 14.3. The van der Waals surface area contributed by atoms with Crippen LogP contribution in [-0.4, -0.2) is 22.0 Å². The number of halogens is 1. The first-order valence-corrected chi connectivity index (χ1v) is 7.42. The third-order valence-corrected chi connectivity index (χ3v) is 3.99. The minimum Gasteiger partial charge on any atom is -0.354 e. The molecule has 0 spiro atoms. The molecule has 1 N–H and O–H groups in total. The normalized spacial score (nSPS) is 20.9. The number of hydrogen-bond acceptors (Lipinski definition) is 2. The van der Waals surface area contributed by atoms with Crippen molar-refractivity contribution < 1.29 is 4.79 Å². The number of piperidine rings is 1. The van der Waals surface area contributed by atoms with Crippen molar-refractivity contribution in [2.24, 2.45) is 0 Å². The molecular formula is C15H18ClN3O. The van der Waals surface area contributed by atoms with E-state index in [9.17, 15) is 4.79 Å². The number of carbonyl (C=O) groups excluding carboxylic acids is 1. The Bertz CT molecular complexity index is 662. The fraction of sp³-hybridized carbons (Fsp3) is 0.467. The largest absolute Gasteiger partial charge is 0.354 e. The van der Waals surface area contributed by atoms with Crippen LogP contribution >= 0.6 is 11.6 Å². The van der Waals surface area contributed by atoms with E-state index in [0.29, 0.717) is 0 Å². The van der Waals surface area contributed by atoms with Crippen molar-refractivity contribution in [1.29, 1.82) is 0 Å². The predicted octanol–water partition coefficient (Wildman–Crippen LogP) is 3.10. The number of alkyl halides is 1. The Morgan fingerprint density at radius 1 is 1.50 bits per heavy atom. The summed E-state index contributed by atoms with van der Waals surface area (Å²) in [6.45, 7) is 4.70. The van der Waals surface area contributed by atoms with Gasteiger partial charge in [0.15, 0.2) is 0 Å². The Morgan fingerprint density at radius 3 is 3.00 bits per heavy atom. The summed E-state index contributed by atoms with van der Waals surface area (Å²) < 4.78 is 2.02. The first-order valence-electron chi connectivity index (χ1n) is 6.98. The number of nitrogens with one attached hydrogen (secondary N) is 1. The monoisotopic (exact) mass is 291 g/mol. The van der Waals surface area contributed by atoms with Crippen molar-refractivity contribution in [3.8, 4) is 0 Å². The van der Waals surface area contributed by atoms with Crippen LogP contribution in [0.1, 0.15) is 42.6 Å². The summed E-state index contributed by atoms with van der Waals surface area (Å²) in [6, 6.07) is 5.90. The fourth-order valence-electron chi connectivity index (χ4n) is 2.83. The summed E-state index contributed by atoms with van der Waals surface area (Å²) in [4.78, 5) is 16.8. The molecule has 2 atom stereocenters. The number of aromatic nitrogens is 2. The number of carbonyl (C=O) groups is 1. The molecule has 1 amide bonds. The van der Waals surface area contributed by atoms with E-state index in [1.54, 1.807) is 0 Å². The van der Waals surface area contributed by atoms with Crippen LogP contribution < -0.4 is 5.32 Å². The molecule has 106 valence electrons. The third-order valence-electron chi connectivity index (χ3n) is 3.80. The molecule has 3 rings (SSSR count). The molecule has 1 fully saturated rings. The molecule has 2 aromatic rings. The van der Waals surface area contributed by atoms with Crippen LogP contribution in [0.2, 0.25) is 0 Å². The third kappa shape index (κ3) is 2.18. The van der Waals surface area contributed by atoms with Gasteiger partial charge in [-0.05, 0) is 44.4 Å². The van der Waals surface area contributed by atoms with E-state index in [1.807, 2.05) is 30.5 Å². The number of amides is 1. The van der Waals surface area contributed by atoms with E-state index < -0.39 is 0 Å². The molecule has 1 aliphatic rings. The Kier molecular flexibility index (Phi) is 3.42. The Morgan fingerprint density at radius 2 is 2.30 bits per heavy atom. The minimum absolute atomic E-state index is 0.0654. The van der Waals surface area contributed by atoms with Crippen molar-refractivity contribution in [3.05, 3.63) is 29.6 Å². The highest BCUT2D eigenvalue weighted by Gasteiger charge is 2.28. The van der Waals surface area contributed by atoms with Gasteiger partial charge in [0, 0.05) is 6.54 Å². The van der Waals surface area contributed by atoms with Gasteiger partial charge in [-0.3, -0.25) is 4.79 Å². The number of benzene rings is 1. The number of aryl methyl sites for hydroxylation is 1. The molecule has 1 aromatic heterocycles. The second kappa shape index (κ2) is 5.09. The zero-order valence-electron chi connectivity index (χ0n) is 11.7. The van der Waals surface area contributed by atoms with E-state index in [4.69, 9.17) is 11.6 Å². The van der Waals surface area contributed by atoms with Crippen LogP contribution in [0, 0.1) is 6.92 Å². The SMILES string of the molecule is Cc1ccc2nc(C(C)Cl)n(C3CCCNC3=O)c2c1. The van der Waals surface area contributed by atoms with Crippen molar-refractivity contribution >= 4 is 28.5 Å². The average molecular weight is 292 g/mol. The van der Waals surface area contributed by atoms with Crippen molar-refractivity contribution in [2.45, 2.75) is 38.1 Å². The highest BCUT2D eigenvalue weighted by molar-refractivity contribution is 6.20. The lowest BCUT2D eigenvalue weighted by atomic mass is 10.1. The molecule has 0 saturated carbocycles. The molecule has 20 heavy (non-hydrogen) atoms. The van der Waals surface area contributed by atoms with Crippen LogP contribution in [-0.2, 0) is 4.79 Å². The lowest BCUT2D eigenvalue weighted by molar-refractivity contribution is -0.125. The van der Waals surface area contributed by atoms with Crippen LogP contribution in [0.25, 0.3) is 11.0 Å². The van der Waals surface area contributed by atoms with E-state index in [1.165, 1.54) is 0 Å². The van der Waals surface area contributed by atoms with Gasteiger partial charge in [0.2, 0.25) is 5.91 Å². The summed E-state index contributed by atoms with van der Waals surface area (Å²) in [6.07, 6.45) is 1.82. The lowest BCUT2D eigenvalue weighted by Gasteiger charge is -2.25. The molecular weight excluding hydrogens is 274 g/mol. The second-order valence-electron chi connectivity index (χ2n) is 5.40. The van der Waals surface area contributed by atoms with E-state index in [-0.39, 0.29) is 17.3 Å². The standard InChI is InChI=1S/C15H18ClN3O/c1-9-5-6-11-13(8-9)19(14(18-11)10(2)16)12-4-3-7-17-15(12)20/h5-6,8,10,12H,3-4,7H2,1-2H3,(H,17,20). The Balaban J connectivity index is 2.22. The van der Waals surface area contributed by atoms with Crippen LogP contribution in [0.15, 0.2) is 18.2 Å². The number of imidazole rings is 1. The highest BCUT2D eigenvalue weighted by atomic mass is 35.5. The molecule has 1 saturated heterocycles. The second-order valence-corrected chi connectivity index (χ2v) is 6.05. The summed E-state index contributed by atoms with van der Waals surface area (Å²) >= 11 is 6.27. The maximum atomic E-state index is 12.2. The van der Waals surface area contributed by atoms with Gasteiger partial charge in [-0.15, -0.1) is 11.6 Å². The summed E-state index contributed by atoms with van der Waals surface area (Å²) in [7, 11) is 0. The topological polar surface area (TPSA) is 46.9 Å². The molecule has 1 aromatic carbocycles. The predicted molar refractivity (Wildman–Crippen MR) is 80.0 cm³/mol. The van der Waals surface area contributed by atoms with E-state index in [2.05, 4.69) is 16.4 Å². The first kappa shape index (κ1) is 13.4. The van der Waals surface area contributed by atoms with Crippen LogP contribution in [0.3, 0.4) is 0 Å². The highest BCUT2D eigenvalue weighted by Crippen LogP contribution is 2.31. The zero-order valence-corrected chi connectivity index (χ0v) is 12.4. The molecule has 0 bridgehead atoms. The van der Waals surface area contributed by atoms with Gasteiger partial charge in [-0.2, -0.15) is 0 Å². The maximum absolute atomic E-state index is 12.2. The number of fused-ring (bicyclic) bond motifs is 1. The van der Waals surface area contributed by atoms with Crippen LogP contribution in [0.5, 0.6) is 0 Å². The van der Waals surface area contributed by atoms with Gasteiger partial charge < -0.3 is 9.88 Å². The molecule has 1 aliphatic heterocycles. The van der Waals surface area contributed by atoms with Gasteiger partial charge in [-0.25, -0.2) is 4.98 Å². The quantitative estimate of drug-likeness (QED) is 0.864. The minimum atomic E-state index is -0.225. The smallest absolute Gasteiger partial charge is 0.243 e. The van der Waals surface area contributed by atoms with E-state index >= 15 is 0 Å². The molecule has 4 nitrogen and oxygen atoms in total. The van der Waals surface area contributed by atoms with Crippen LogP contribution in [0.4, 0.5) is 0 Å². The number of nitrogens with zero attached hydrogens (tertiary/aromatic N) is 2. The summed E-state index contributed by atoms with van der Waals surface area (Å²) in [5.41, 5.74) is 3.05. The molecule has 5 heteroatoms. The molecule has 2 heterocycles. The fourth-order valence-corrected chi connectivity index (χ4v) is 2.99. The average Bonchev–Trinajstić information content (AvgIpc) is 2.78. The van der Waals surface area contributed by atoms with Crippen molar-refractivity contribution in [1.82, 2.24) is 14.9 Å². The Labute approximate surface area is 123 Å². The van der Waals surface area contributed by atoms with Gasteiger partial charge in [-0.1, -0.05) is 6.07 Å². The molecule has 0 aliphatic carbocycles. The van der Waals surface area contributed by atoms with Crippen molar-refractivity contribution in [3.63, 3.8) is 0 Å². The molecule has 0 radical (unpaired) electrons. The van der Waals surface area contributed by atoms with Gasteiger partial charge in [0.1, 0.15) is 11.9 Å². The maximum Gasteiger partial charge on any atom is 0.243 e. The summed E-state index contributed by atoms with van der Waals surface area (Å²) in [5.74, 6) is 0.838.